The fourth-order valence-electron chi connectivity index (χ4n) is 3.32. The summed E-state index contributed by atoms with van der Waals surface area (Å²) in [4.78, 5) is 14.3. The number of phenols is 1. The predicted molar refractivity (Wildman–Crippen MR) is 139 cm³/mol. The van der Waals surface area contributed by atoms with Crippen molar-refractivity contribution < 1.29 is 18.3 Å². The molecule has 0 saturated heterocycles. The first-order valence-electron chi connectivity index (χ1n) is 8.95. The molecule has 4 N–H and O–H groups in total. The molecule has 6 nitrogen and oxygen atoms in total. The maximum atomic E-state index is 12.8. The molecule has 0 saturated carbocycles. The zero-order valence-corrected chi connectivity index (χ0v) is 23.8. The molecule has 168 valence electrons. The fraction of sp³-hybridized carbons (Fsp3) is 0.0952. The fourth-order valence-corrected chi connectivity index (χ4v) is 6.41. The van der Waals surface area contributed by atoms with Crippen LogP contribution in [0, 0.1) is 6.92 Å². The van der Waals surface area contributed by atoms with Crippen LogP contribution in [0.4, 0.5) is 0 Å². The standard InChI is InChI=1S/C21H16Br4N2O4S/c1-9-12(7-14(22)20(28)18(9)24)17(13-8-15(23)21(29)19(25)10(13)2)11-5-3-4-6-16(11)32(30,31)27-26/h3-8,27-28H,26H2,1-2H3/b17-13+. The zero-order valence-electron chi connectivity index (χ0n) is 16.6. The average Bonchev–Trinajstić information content (AvgIpc) is 2.78. The van der Waals surface area contributed by atoms with E-state index >= 15 is 0 Å². The van der Waals surface area contributed by atoms with Gasteiger partial charge in [-0.3, -0.25) is 10.6 Å². The number of hydrogen-bond acceptors (Lipinski definition) is 5. The number of halogens is 4. The molecule has 0 radical (unpaired) electrons. The van der Waals surface area contributed by atoms with E-state index in [1.54, 1.807) is 44.2 Å². The van der Waals surface area contributed by atoms with Gasteiger partial charge in [0.2, 0.25) is 5.78 Å². The Kier molecular flexibility index (Phi) is 7.70. The van der Waals surface area contributed by atoms with Crippen LogP contribution in [-0.2, 0) is 14.8 Å². The number of rotatable bonds is 4. The molecule has 0 aromatic heterocycles. The van der Waals surface area contributed by atoms with Gasteiger partial charge in [0.15, 0.2) is 0 Å². The number of nitrogens with one attached hydrogen (secondary N) is 1. The largest absolute Gasteiger partial charge is 0.506 e. The average molecular weight is 712 g/mol. The van der Waals surface area contributed by atoms with E-state index < -0.39 is 10.0 Å². The summed E-state index contributed by atoms with van der Waals surface area (Å²) in [6.07, 6.45) is 1.66. The Labute approximate surface area is 219 Å². The van der Waals surface area contributed by atoms with Crippen molar-refractivity contribution in [3.05, 3.63) is 82.2 Å². The van der Waals surface area contributed by atoms with Gasteiger partial charge in [-0.15, -0.1) is 0 Å². The van der Waals surface area contributed by atoms with Crippen molar-refractivity contribution in [1.82, 2.24) is 4.83 Å². The van der Waals surface area contributed by atoms with Crippen LogP contribution in [0.1, 0.15) is 23.6 Å². The SMILES string of the molecule is CC1=C(Br)C(=O)C(Br)=C/C1=C(/c1ccccc1S(=O)(=O)NN)c1cc(Br)c(O)c(Br)c1C. The Balaban J connectivity index is 2.59. The molecule has 2 aromatic rings. The summed E-state index contributed by atoms with van der Waals surface area (Å²) >= 11 is 13.4. The third kappa shape index (κ3) is 4.48. The van der Waals surface area contributed by atoms with Crippen LogP contribution < -0.4 is 10.7 Å². The second kappa shape index (κ2) is 9.65. The number of allylic oxidation sites excluding steroid dienone is 5. The van der Waals surface area contributed by atoms with E-state index in [1.165, 1.54) is 6.07 Å². The third-order valence-corrected chi connectivity index (χ3v) is 9.36. The van der Waals surface area contributed by atoms with E-state index in [0.29, 0.717) is 51.3 Å². The van der Waals surface area contributed by atoms with Gasteiger partial charge >= 0.3 is 0 Å². The number of carbonyl (C=O) groups is 1. The molecule has 1 aliphatic carbocycles. The van der Waals surface area contributed by atoms with Crippen molar-refractivity contribution in [1.29, 1.82) is 0 Å². The van der Waals surface area contributed by atoms with Gasteiger partial charge in [-0.25, -0.2) is 8.42 Å². The Hall–Kier alpha value is -1.08. The molecule has 0 amide bonds. The number of carbonyl (C=O) groups excluding carboxylic acids is 1. The van der Waals surface area contributed by atoms with Gasteiger partial charge in [0.25, 0.3) is 10.0 Å². The summed E-state index contributed by atoms with van der Waals surface area (Å²) in [5, 5.41) is 10.4. The third-order valence-electron chi connectivity index (χ3n) is 5.00. The molecule has 0 atom stereocenters. The number of aromatic hydroxyl groups is 1. The number of phenolic OH excluding ortho intramolecular Hbond substituents is 1. The van der Waals surface area contributed by atoms with E-state index in [9.17, 15) is 18.3 Å². The van der Waals surface area contributed by atoms with Crippen molar-refractivity contribution >= 4 is 85.1 Å². The normalized spacial score (nSPS) is 16.3. The number of sulfonamides is 1. The number of ketones is 1. The van der Waals surface area contributed by atoms with Crippen LogP contribution in [0.25, 0.3) is 5.57 Å². The van der Waals surface area contributed by atoms with Crippen molar-refractivity contribution in [3.63, 3.8) is 0 Å². The van der Waals surface area contributed by atoms with Crippen LogP contribution in [0.2, 0.25) is 0 Å². The minimum absolute atomic E-state index is 0.0177. The summed E-state index contributed by atoms with van der Waals surface area (Å²) in [6, 6.07) is 8.13. The molecule has 0 fully saturated rings. The van der Waals surface area contributed by atoms with Gasteiger partial charge < -0.3 is 5.11 Å². The molecule has 11 heteroatoms. The van der Waals surface area contributed by atoms with Crippen LogP contribution >= 0.6 is 63.7 Å². The summed E-state index contributed by atoms with van der Waals surface area (Å²) in [5.41, 5.74) is 3.47. The monoisotopic (exact) mass is 708 g/mol. The van der Waals surface area contributed by atoms with Gasteiger partial charge in [-0.1, -0.05) is 18.2 Å². The highest BCUT2D eigenvalue weighted by Crippen LogP contribution is 2.45. The van der Waals surface area contributed by atoms with Gasteiger partial charge in [0, 0.05) is 5.56 Å². The topological polar surface area (TPSA) is 109 Å². The molecule has 0 unspecified atom stereocenters. The quantitative estimate of drug-likeness (QED) is 0.278. The number of nitrogens with two attached hydrogens (primary N) is 1. The highest BCUT2D eigenvalue weighted by atomic mass is 79.9. The highest BCUT2D eigenvalue weighted by molar-refractivity contribution is 9.13. The van der Waals surface area contributed by atoms with E-state index in [1.807, 2.05) is 4.83 Å². The first kappa shape index (κ1) is 25.5. The maximum Gasteiger partial charge on any atom is 0.253 e. The molecular weight excluding hydrogens is 696 g/mol. The summed E-state index contributed by atoms with van der Waals surface area (Å²) < 4.78 is 27.0. The van der Waals surface area contributed by atoms with Crippen LogP contribution in [0.5, 0.6) is 5.75 Å². The molecule has 3 rings (SSSR count). The minimum Gasteiger partial charge on any atom is -0.506 e. The lowest BCUT2D eigenvalue weighted by Gasteiger charge is -2.23. The van der Waals surface area contributed by atoms with Crippen LogP contribution in [0.3, 0.4) is 0 Å². The summed E-state index contributed by atoms with van der Waals surface area (Å²) in [5.74, 6) is 5.12. The lowest BCUT2D eigenvalue weighted by atomic mass is 9.85. The number of hydrogen-bond donors (Lipinski definition) is 3. The van der Waals surface area contributed by atoms with Crippen molar-refractivity contribution in [2.24, 2.45) is 5.84 Å². The Bertz CT molecular complexity index is 1360. The molecule has 0 aliphatic heterocycles. The Morgan fingerprint density at radius 2 is 1.69 bits per heavy atom. The molecule has 0 spiro atoms. The minimum atomic E-state index is -4.02. The van der Waals surface area contributed by atoms with Gasteiger partial charge in [-0.2, -0.15) is 4.83 Å². The smallest absolute Gasteiger partial charge is 0.253 e. The molecule has 0 bridgehead atoms. The number of hydrazine groups is 1. The van der Waals surface area contributed by atoms with Crippen molar-refractivity contribution in [2.45, 2.75) is 18.7 Å². The maximum absolute atomic E-state index is 12.8. The lowest BCUT2D eigenvalue weighted by molar-refractivity contribution is -0.111. The van der Waals surface area contributed by atoms with Gasteiger partial charge in [0.1, 0.15) is 5.75 Å². The summed E-state index contributed by atoms with van der Waals surface area (Å²) in [6.45, 7) is 3.57. The number of Topliss-reactive ketones (excluding diaryl/α,β-unsaturated/α-hetero) is 1. The zero-order chi connectivity index (χ0) is 24.0. The summed E-state index contributed by atoms with van der Waals surface area (Å²) in [7, 11) is -4.02. The molecule has 1 aliphatic rings. The lowest BCUT2D eigenvalue weighted by Crippen LogP contribution is -2.31. The van der Waals surface area contributed by atoms with Crippen LogP contribution in [-0.4, -0.2) is 19.3 Å². The second-order valence-corrected chi connectivity index (χ2v) is 11.8. The Morgan fingerprint density at radius 3 is 2.31 bits per heavy atom. The van der Waals surface area contributed by atoms with E-state index in [4.69, 9.17) is 5.84 Å². The van der Waals surface area contributed by atoms with E-state index in [-0.39, 0.29) is 16.4 Å². The Morgan fingerprint density at radius 1 is 1.06 bits per heavy atom. The van der Waals surface area contributed by atoms with Crippen LogP contribution in [0.15, 0.2) is 70.4 Å². The van der Waals surface area contributed by atoms with Crippen molar-refractivity contribution in [3.8, 4) is 5.75 Å². The van der Waals surface area contributed by atoms with E-state index in [0.717, 1.165) is 0 Å². The second-order valence-electron chi connectivity index (χ2n) is 6.86. The van der Waals surface area contributed by atoms with Crippen molar-refractivity contribution in [2.75, 3.05) is 0 Å². The molecule has 0 heterocycles. The molecule has 2 aromatic carbocycles. The van der Waals surface area contributed by atoms with Gasteiger partial charge in [-0.05, 0) is 124 Å². The first-order valence-corrected chi connectivity index (χ1v) is 13.6. The van der Waals surface area contributed by atoms with Gasteiger partial charge in [0.05, 0.1) is 22.8 Å². The predicted octanol–water partition coefficient (Wildman–Crippen LogP) is 5.71. The highest BCUT2D eigenvalue weighted by Gasteiger charge is 2.28. The molecule has 32 heavy (non-hydrogen) atoms. The number of benzene rings is 2. The first-order chi connectivity index (χ1) is 14.9. The molecular formula is C21H16Br4N2O4S. The van der Waals surface area contributed by atoms with E-state index in [2.05, 4.69) is 63.7 Å².